The van der Waals surface area contributed by atoms with E-state index >= 15 is 0 Å². The summed E-state index contributed by atoms with van der Waals surface area (Å²) < 4.78 is 0. The standard InChI is InChI=1S/C10H12N2/c1-3-4-9-5-6-12-8(2)10(9)7-11/h5-6H,3-4H2,1-2H3. The van der Waals surface area contributed by atoms with E-state index in [-0.39, 0.29) is 0 Å². The van der Waals surface area contributed by atoms with Gasteiger partial charge in [-0.25, -0.2) is 0 Å². The lowest BCUT2D eigenvalue weighted by atomic mass is 10.0. The van der Waals surface area contributed by atoms with Gasteiger partial charge in [0.15, 0.2) is 0 Å². The summed E-state index contributed by atoms with van der Waals surface area (Å²) in [5, 5.41) is 8.84. The largest absolute Gasteiger partial charge is 0.260 e. The molecular weight excluding hydrogens is 148 g/mol. The van der Waals surface area contributed by atoms with E-state index in [0.717, 1.165) is 29.7 Å². The van der Waals surface area contributed by atoms with Crippen molar-refractivity contribution in [2.45, 2.75) is 26.7 Å². The van der Waals surface area contributed by atoms with Crippen LogP contribution in [0.15, 0.2) is 12.3 Å². The third-order valence-corrected chi connectivity index (χ3v) is 1.86. The Balaban J connectivity index is 3.11. The van der Waals surface area contributed by atoms with Gasteiger partial charge in [-0.2, -0.15) is 5.26 Å². The highest BCUT2D eigenvalue weighted by atomic mass is 14.7. The molecule has 2 heteroatoms. The van der Waals surface area contributed by atoms with Crippen LogP contribution in [0.1, 0.15) is 30.2 Å². The third kappa shape index (κ3) is 1.62. The molecule has 0 N–H and O–H groups in total. The Bertz CT molecular complexity index is 310. The van der Waals surface area contributed by atoms with Gasteiger partial charge in [0, 0.05) is 6.20 Å². The summed E-state index contributed by atoms with van der Waals surface area (Å²) in [6.07, 6.45) is 3.80. The van der Waals surface area contributed by atoms with Crippen molar-refractivity contribution in [3.05, 3.63) is 29.1 Å². The predicted molar refractivity (Wildman–Crippen MR) is 47.7 cm³/mol. The minimum atomic E-state index is 0.749. The van der Waals surface area contributed by atoms with Crippen LogP contribution in [0.3, 0.4) is 0 Å². The van der Waals surface area contributed by atoms with Gasteiger partial charge in [0.25, 0.3) is 0 Å². The minimum Gasteiger partial charge on any atom is -0.260 e. The summed E-state index contributed by atoms with van der Waals surface area (Å²) in [6, 6.07) is 4.11. The van der Waals surface area contributed by atoms with E-state index in [1.165, 1.54) is 0 Å². The lowest BCUT2D eigenvalue weighted by Crippen LogP contribution is -1.94. The number of aromatic nitrogens is 1. The summed E-state index contributed by atoms with van der Waals surface area (Å²) >= 11 is 0. The maximum Gasteiger partial charge on any atom is 0.101 e. The molecule has 0 spiro atoms. The molecule has 1 aromatic heterocycles. The SMILES string of the molecule is CCCc1ccnc(C)c1C#N. The first kappa shape index (κ1) is 8.73. The van der Waals surface area contributed by atoms with Crippen LogP contribution in [0.2, 0.25) is 0 Å². The van der Waals surface area contributed by atoms with E-state index < -0.39 is 0 Å². The van der Waals surface area contributed by atoms with E-state index in [0.29, 0.717) is 0 Å². The monoisotopic (exact) mass is 160 g/mol. The molecule has 0 aromatic carbocycles. The zero-order valence-electron chi connectivity index (χ0n) is 7.46. The van der Waals surface area contributed by atoms with Crippen LogP contribution in [0.25, 0.3) is 0 Å². The first-order valence-electron chi connectivity index (χ1n) is 4.14. The fourth-order valence-electron chi connectivity index (χ4n) is 1.25. The van der Waals surface area contributed by atoms with Gasteiger partial charge < -0.3 is 0 Å². The highest BCUT2D eigenvalue weighted by molar-refractivity contribution is 5.39. The van der Waals surface area contributed by atoms with Crippen molar-refractivity contribution < 1.29 is 0 Å². The van der Waals surface area contributed by atoms with E-state index in [4.69, 9.17) is 5.26 Å². The Morgan fingerprint density at radius 1 is 1.58 bits per heavy atom. The van der Waals surface area contributed by atoms with Gasteiger partial charge in [-0.3, -0.25) is 4.98 Å². The molecule has 0 amide bonds. The molecule has 0 saturated heterocycles. The van der Waals surface area contributed by atoms with Gasteiger partial charge in [-0.1, -0.05) is 13.3 Å². The van der Waals surface area contributed by atoms with Gasteiger partial charge >= 0.3 is 0 Å². The topological polar surface area (TPSA) is 36.7 Å². The number of aryl methyl sites for hydroxylation is 2. The molecule has 62 valence electrons. The second kappa shape index (κ2) is 3.87. The molecule has 1 aromatic rings. The lowest BCUT2D eigenvalue weighted by molar-refractivity contribution is 0.909. The Morgan fingerprint density at radius 2 is 2.33 bits per heavy atom. The molecule has 0 saturated carbocycles. The zero-order valence-corrected chi connectivity index (χ0v) is 7.46. The van der Waals surface area contributed by atoms with Crippen molar-refractivity contribution in [2.24, 2.45) is 0 Å². The van der Waals surface area contributed by atoms with E-state index in [1.807, 2.05) is 13.0 Å². The minimum absolute atomic E-state index is 0.749. The summed E-state index contributed by atoms with van der Waals surface area (Å²) in [5.74, 6) is 0. The van der Waals surface area contributed by atoms with Gasteiger partial charge in [0.2, 0.25) is 0 Å². The fraction of sp³-hybridized carbons (Fsp3) is 0.400. The number of pyridine rings is 1. The third-order valence-electron chi connectivity index (χ3n) is 1.86. The molecular formula is C10H12N2. The van der Waals surface area contributed by atoms with E-state index in [9.17, 15) is 0 Å². The summed E-state index contributed by atoms with van der Waals surface area (Å²) in [4.78, 5) is 4.07. The number of nitriles is 1. The molecule has 0 aliphatic carbocycles. The predicted octanol–water partition coefficient (Wildman–Crippen LogP) is 2.21. The molecule has 0 aliphatic rings. The number of rotatable bonds is 2. The normalized spacial score (nSPS) is 9.42. The molecule has 0 atom stereocenters. The second-order valence-corrected chi connectivity index (χ2v) is 2.79. The highest BCUT2D eigenvalue weighted by Crippen LogP contribution is 2.11. The van der Waals surface area contributed by atoms with Crippen molar-refractivity contribution in [3.63, 3.8) is 0 Å². The van der Waals surface area contributed by atoms with Gasteiger partial charge in [-0.15, -0.1) is 0 Å². The molecule has 12 heavy (non-hydrogen) atoms. The van der Waals surface area contributed by atoms with Crippen LogP contribution in [-0.4, -0.2) is 4.98 Å². The van der Waals surface area contributed by atoms with Gasteiger partial charge in [0.05, 0.1) is 11.3 Å². The maximum atomic E-state index is 8.84. The molecule has 0 unspecified atom stereocenters. The smallest absolute Gasteiger partial charge is 0.101 e. The molecule has 2 nitrogen and oxygen atoms in total. The molecule has 0 aliphatic heterocycles. The first-order chi connectivity index (χ1) is 5.79. The first-order valence-corrected chi connectivity index (χ1v) is 4.14. The van der Waals surface area contributed by atoms with Crippen molar-refractivity contribution in [1.82, 2.24) is 4.98 Å². The summed E-state index contributed by atoms with van der Waals surface area (Å²) in [5.41, 5.74) is 2.70. The van der Waals surface area contributed by atoms with Crippen molar-refractivity contribution in [2.75, 3.05) is 0 Å². The lowest BCUT2D eigenvalue weighted by Gasteiger charge is -2.02. The average Bonchev–Trinajstić information content (AvgIpc) is 2.05. The Hall–Kier alpha value is -1.36. The zero-order chi connectivity index (χ0) is 8.97. The fourth-order valence-corrected chi connectivity index (χ4v) is 1.25. The van der Waals surface area contributed by atoms with Crippen LogP contribution in [-0.2, 0) is 6.42 Å². The quantitative estimate of drug-likeness (QED) is 0.665. The van der Waals surface area contributed by atoms with Crippen LogP contribution < -0.4 is 0 Å². The van der Waals surface area contributed by atoms with E-state index in [1.54, 1.807) is 6.20 Å². The number of nitrogens with zero attached hydrogens (tertiary/aromatic N) is 2. The molecule has 0 bridgehead atoms. The van der Waals surface area contributed by atoms with Crippen LogP contribution in [0.5, 0.6) is 0 Å². The van der Waals surface area contributed by atoms with Crippen LogP contribution in [0, 0.1) is 18.3 Å². The second-order valence-electron chi connectivity index (χ2n) is 2.79. The molecule has 1 rings (SSSR count). The van der Waals surface area contributed by atoms with Crippen molar-refractivity contribution in [3.8, 4) is 6.07 Å². The molecule has 1 heterocycles. The Kier molecular flexibility index (Phi) is 2.82. The van der Waals surface area contributed by atoms with Crippen molar-refractivity contribution in [1.29, 1.82) is 5.26 Å². The molecule has 0 fully saturated rings. The van der Waals surface area contributed by atoms with Crippen LogP contribution >= 0.6 is 0 Å². The Labute approximate surface area is 72.9 Å². The molecule has 0 radical (unpaired) electrons. The van der Waals surface area contributed by atoms with Gasteiger partial charge in [0.1, 0.15) is 6.07 Å². The van der Waals surface area contributed by atoms with Crippen LogP contribution in [0.4, 0.5) is 0 Å². The highest BCUT2D eigenvalue weighted by Gasteiger charge is 2.03. The van der Waals surface area contributed by atoms with E-state index in [2.05, 4.69) is 18.0 Å². The maximum absolute atomic E-state index is 8.84. The Morgan fingerprint density at radius 3 is 2.92 bits per heavy atom. The number of hydrogen-bond acceptors (Lipinski definition) is 2. The van der Waals surface area contributed by atoms with Crippen molar-refractivity contribution >= 4 is 0 Å². The number of hydrogen-bond donors (Lipinski definition) is 0. The average molecular weight is 160 g/mol. The summed E-state index contributed by atoms with van der Waals surface area (Å²) in [7, 11) is 0. The summed E-state index contributed by atoms with van der Waals surface area (Å²) in [6.45, 7) is 3.98. The van der Waals surface area contributed by atoms with Gasteiger partial charge in [-0.05, 0) is 25.0 Å².